The topological polar surface area (TPSA) is 76.4 Å². The smallest absolute Gasteiger partial charge is 0.269 e. The summed E-state index contributed by atoms with van der Waals surface area (Å²) in [4.78, 5) is 15.7. The highest BCUT2D eigenvalue weighted by Gasteiger charge is 2.39. The van der Waals surface area contributed by atoms with Gasteiger partial charge in [0.05, 0.1) is 18.6 Å². The van der Waals surface area contributed by atoms with Gasteiger partial charge in [0.2, 0.25) is 0 Å². The number of aryl methyl sites for hydroxylation is 1. The summed E-state index contributed by atoms with van der Waals surface area (Å²) in [6.45, 7) is 2.53. The number of nitrogens with one attached hydrogen (secondary N) is 1. The molecule has 6 nitrogen and oxygen atoms in total. The van der Waals surface area contributed by atoms with Gasteiger partial charge in [-0.3, -0.25) is 4.79 Å². The molecule has 0 bridgehead atoms. The number of nitrogens with zero attached hydrogens (tertiary/aromatic N) is 2. The number of imidazole rings is 1. The van der Waals surface area contributed by atoms with Crippen LogP contribution in [0.1, 0.15) is 23.8 Å². The molecule has 0 aliphatic carbocycles. The maximum atomic E-state index is 11.8. The third kappa shape index (κ3) is 2.32. The van der Waals surface area contributed by atoms with Crippen LogP contribution >= 0.6 is 0 Å². The summed E-state index contributed by atoms with van der Waals surface area (Å²) in [7, 11) is 1.75. The van der Waals surface area contributed by atoms with Crippen LogP contribution in [0, 0.1) is 0 Å². The Kier molecular flexibility index (Phi) is 3.17. The van der Waals surface area contributed by atoms with Crippen LogP contribution in [0.3, 0.4) is 0 Å². The summed E-state index contributed by atoms with van der Waals surface area (Å²) >= 11 is 0. The van der Waals surface area contributed by atoms with E-state index in [0.717, 1.165) is 0 Å². The Labute approximate surface area is 99.6 Å². The molecule has 0 spiro atoms. The van der Waals surface area contributed by atoms with Crippen molar-refractivity contribution in [2.45, 2.75) is 25.0 Å². The predicted molar refractivity (Wildman–Crippen MR) is 60.5 cm³/mol. The fraction of sp³-hybridized carbons (Fsp3) is 0.636. The number of rotatable bonds is 3. The van der Waals surface area contributed by atoms with Gasteiger partial charge in [0.1, 0.15) is 11.3 Å². The molecule has 1 fully saturated rings. The van der Waals surface area contributed by atoms with Crippen LogP contribution in [0.25, 0.3) is 0 Å². The highest BCUT2D eigenvalue weighted by Crippen LogP contribution is 2.24. The summed E-state index contributed by atoms with van der Waals surface area (Å²) in [5.74, 6) is -0.238. The minimum Gasteiger partial charge on any atom is -0.385 e. The van der Waals surface area contributed by atoms with Crippen molar-refractivity contribution in [2.24, 2.45) is 7.05 Å². The number of aromatic nitrogens is 2. The summed E-state index contributed by atoms with van der Waals surface area (Å²) in [5.41, 5.74) is -0.492. The van der Waals surface area contributed by atoms with Gasteiger partial charge in [-0.25, -0.2) is 4.98 Å². The number of ether oxygens (including phenoxy) is 1. The van der Waals surface area contributed by atoms with E-state index in [1.54, 1.807) is 17.9 Å². The Morgan fingerprint density at radius 3 is 3.12 bits per heavy atom. The highest BCUT2D eigenvalue weighted by atomic mass is 16.5. The standard InChI is InChI=1S/C11H17N3O3/c1-8-11(16,3-4-17-8)6-13-10(15)9-5-12-7-14(9)2/h5,7-8,16H,3-4,6H2,1-2H3,(H,13,15). The van der Waals surface area contributed by atoms with E-state index in [1.165, 1.54) is 6.20 Å². The van der Waals surface area contributed by atoms with Crippen molar-refractivity contribution in [1.82, 2.24) is 14.9 Å². The average Bonchev–Trinajstić information content (AvgIpc) is 2.84. The maximum Gasteiger partial charge on any atom is 0.269 e. The van der Waals surface area contributed by atoms with Crippen molar-refractivity contribution in [2.75, 3.05) is 13.2 Å². The van der Waals surface area contributed by atoms with Gasteiger partial charge in [0.15, 0.2) is 0 Å². The second-order valence-corrected chi connectivity index (χ2v) is 4.44. The lowest BCUT2D eigenvalue weighted by Gasteiger charge is -2.26. The van der Waals surface area contributed by atoms with Crippen molar-refractivity contribution >= 4 is 5.91 Å². The second-order valence-electron chi connectivity index (χ2n) is 4.44. The molecule has 6 heteroatoms. The van der Waals surface area contributed by atoms with E-state index in [0.29, 0.717) is 18.7 Å². The number of aliphatic hydroxyl groups is 1. The van der Waals surface area contributed by atoms with Crippen LogP contribution < -0.4 is 5.32 Å². The molecule has 1 amide bonds. The first-order valence-electron chi connectivity index (χ1n) is 5.61. The lowest BCUT2D eigenvalue weighted by atomic mass is 9.97. The lowest BCUT2D eigenvalue weighted by molar-refractivity contribution is -0.0252. The summed E-state index contributed by atoms with van der Waals surface area (Å²) in [6.07, 6.45) is 3.34. The van der Waals surface area contributed by atoms with Crippen LogP contribution in [0.4, 0.5) is 0 Å². The molecule has 0 aromatic carbocycles. The molecule has 2 N–H and O–H groups in total. The first-order valence-corrected chi connectivity index (χ1v) is 5.61. The number of carbonyl (C=O) groups excluding carboxylic acids is 1. The van der Waals surface area contributed by atoms with Gasteiger partial charge in [-0.2, -0.15) is 0 Å². The Bertz CT molecular complexity index is 418. The lowest BCUT2D eigenvalue weighted by Crippen LogP contribution is -2.47. The first kappa shape index (κ1) is 12.1. The molecule has 0 saturated carbocycles. The Morgan fingerprint density at radius 2 is 2.59 bits per heavy atom. The van der Waals surface area contributed by atoms with Crippen LogP contribution in [0.2, 0.25) is 0 Å². The summed E-state index contributed by atoms with van der Waals surface area (Å²) in [6, 6.07) is 0. The van der Waals surface area contributed by atoms with Crippen molar-refractivity contribution < 1.29 is 14.6 Å². The van der Waals surface area contributed by atoms with Gasteiger partial charge in [-0.15, -0.1) is 0 Å². The number of amides is 1. The van der Waals surface area contributed by atoms with E-state index in [9.17, 15) is 9.90 Å². The molecule has 1 aromatic rings. The van der Waals surface area contributed by atoms with Gasteiger partial charge in [0.25, 0.3) is 5.91 Å². The zero-order chi connectivity index (χ0) is 12.5. The molecular weight excluding hydrogens is 222 g/mol. The Morgan fingerprint density at radius 1 is 1.82 bits per heavy atom. The van der Waals surface area contributed by atoms with E-state index in [1.807, 2.05) is 6.92 Å². The van der Waals surface area contributed by atoms with Gasteiger partial charge < -0.3 is 19.7 Å². The highest BCUT2D eigenvalue weighted by molar-refractivity contribution is 5.92. The van der Waals surface area contributed by atoms with E-state index in [-0.39, 0.29) is 18.6 Å². The van der Waals surface area contributed by atoms with Crippen LogP contribution in [-0.2, 0) is 11.8 Å². The van der Waals surface area contributed by atoms with E-state index >= 15 is 0 Å². The quantitative estimate of drug-likeness (QED) is 0.758. The Hall–Kier alpha value is -1.40. The SMILES string of the molecule is CC1OCCC1(O)CNC(=O)c1cncn1C. The van der Waals surface area contributed by atoms with Crippen molar-refractivity contribution in [3.8, 4) is 0 Å². The molecule has 2 rings (SSSR count). The molecule has 1 aliphatic rings. The van der Waals surface area contributed by atoms with Crippen molar-refractivity contribution in [3.63, 3.8) is 0 Å². The monoisotopic (exact) mass is 239 g/mol. The van der Waals surface area contributed by atoms with Crippen molar-refractivity contribution in [1.29, 1.82) is 0 Å². The van der Waals surface area contributed by atoms with Crippen molar-refractivity contribution in [3.05, 3.63) is 18.2 Å². The molecular formula is C11H17N3O3. The van der Waals surface area contributed by atoms with Crippen LogP contribution in [0.5, 0.6) is 0 Å². The molecule has 1 aliphatic heterocycles. The van der Waals surface area contributed by atoms with Crippen LogP contribution in [-0.4, -0.2) is 45.4 Å². The third-order valence-electron chi connectivity index (χ3n) is 3.26. The van der Waals surface area contributed by atoms with E-state index < -0.39 is 5.60 Å². The first-order chi connectivity index (χ1) is 8.03. The summed E-state index contributed by atoms with van der Waals surface area (Å²) in [5, 5.41) is 12.9. The van der Waals surface area contributed by atoms with Gasteiger partial charge in [-0.05, 0) is 6.92 Å². The number of hydrogen-bond acceptors (Lipinski definition) is 4. The molecule has 2 atom stereocenters. The van der Waals surface area contributed by atoms with Gasteiger partial charge in [0, 0.05) is 26.6 Å². The third-order valence-corrected chi connectivity index (χ3v) is 3.26. The largest absolute Gasteiger partial charge is 0.385 e. The minimum atomic E-state index is -0.964. The Balaban J connectivity index is 1.95. The fourth-order valence-electron chi connectivity index (χ4n) is 1.90. The fourth-order valence-corrected chi connectivity index (χ4v) is 1.90. The zero-order valence-electron chi connectivity index (χ0n) is 10.0. The maximum absolute atomic E-state index is 11.8. The number of carbonyl (C=O) groups is 1. The molecule has 94 valence electrons. The van der Waals surface area contributed by atoms with E-state index in [2.05, 4.69) is 10.3 Å². The second kappa shape index (κ2) is 4.46. The van der Waals surface area contributed by atoms with Gasteiger partial charge in [-0.1, -0.05) is 0 Å². The molecule has 1 saturated heterocycles. The average molecular weight is 239 g/mol. The van der Waals surface area contributed by atoms with Gasteiger partial charge >= 0.3 is 0 Å². The zero-order valence-corrected chi connectivity index (χ0v) is 10.0. The molecule has 2 unspecified atom stereocenters. The minimum absolute atomic E-state index is 0.193. The molecule has 17 heavy (non-hydrogen) atoms. The van der Waals surface area contributed by atoms with E-state index in [4.69, 9.17) is 4.74 Å². The summed E-state index contributed by atoms with van der Waals surface area (Å²) < 4.78 is 6.93. The normalized spacial score (nSPS) is 28.3. The number of hydrogen-bond donors (Lipinski definition) is 2. The molecule has 2 heterocycles. The van der Waals surface area contributed by atoms with Crippen LogP contribution in [0.15, 0.2) is 12.5 Å². The molecule has 0 radical (unpaired) electrons. The predicted octanol–water partition coefficient (Wildman–Crippen LogP) is -0.310. The molecule has 1 aromatic heterocycles.